The molecule has 0 aliphatic rings. The van der Waals surface area contributed by atoms with Gasteiger partial charge in [-0.05, 0) is 18.3 Å². The summed E-state index contributed by atoms with van der Waals surface area (Å²) in [5.41, 5.74) is -0.805. The summed E-state index contributed by atoms with van der Waals surface area (Å²) < 4.78 is 4.69. The average molecular weight is 285 g/mol. The minimum absolute atomic E-state index is 0.0322. The van der Waals surface area contributed by atoms with Gasteiger partial charge in [0.2, 0.25) is 5.69 Å². The van der Waals surface area contributed by atoms with Crippen LogP contribution in [-0.2, 0) is 4.74 Å². The first-order chi connectivity index (χ1) is 8.95. The van der Waals surface area contributed by atoms with E-state index in [1.165, 1.54) is 0 Å². The maximum absolute atomic E-state index is 11.6. The van der Waals surface area contributed by atoms with Gasteiger partial charge in [-0.2, -0.15) is 0 Å². The maximum Gasteiger partial charge on any atom is 0.362 e. The van der Waals surface area contributed by atoms with E-state index in [-0.39, 0.29) is 27.5 Å². The molecule has 0 aromatic carbocycles. The van der Waals surface area contributed by atoms with Crippen molar-refractivity contribution in [1.82, 2.24) is 4.98 Å². The zero-order chi connectivity index (χ0) is 14.2. The van der Waals surface area contributed by atoms with Crippen LogP contribution in [0.25, 0.3) is 10.2 Å². The molecule has 2 rings (SSSR count). The molecular formula is C9H7N3O6S. The number of ether oxygens (including phenoxy) is 1. The molecule has 0 unspecified atom stereocenters. The summed E-state index contributed by atoms with van der Waals surface area (Å²) in [5, 5.41) is 21.4. The molecule has 19 heavy (non-hydrogen) atoms. The van der Waals surface area contributed by atoms with Crippen LogP contribution in [-0.4, -0.2) is 27.4 Å². The summed E-state index contributed by atoms with van der Waals surface area (Å²) in [6.07, 6.45) is 0. The van der Waals surface area contributed by atoms with Gasteiger partial charge in [-0.1, -0.05) is 0 Å². The summed E-state index contributed by atoms with van der Waals surface area (Å²) in [7, 11) is 0. The van der Waals surface area contributed by atoms with Crippen molar-refractivity contribution in [2.45, 2.75) is 6.92 Å². The number of carbonyl (C=O) groups excluding carboxylic acids is 1. The molecular weight excluding hydrogens is 278 g/mol. The van der Waals surface area contributed by atoms with Crippen LogP contribution in [0.15, 0.2) is 6.07 Å². The number of hydrogen-bond donors (Lipinski definition) is 1. The number of nitrogens with zero attached hydrogens (tertiary/aromatic N) is 2. The number of rotatable bonds is 4. The Morgan fingerprint density at radius 3 is 2.63 bits per heavy atom. The summed E-state index contributed by atoms with van der Waals surface area (Å²) in [5.74, 6) is -0.861. The monoisotopic (exact) mass is 285 g/mol. The van der Waals surface area contributed by atoms with Gasteiger partial charge in [0.25, 0.3) is 0 Å². The molecule has 0 saturated heterocycles. The Hall–Kier alpha value is -2.49. The minimum atomic E-state index is -0.861. The van der Waals surface area contributed by atoms with Gasteiger partial charge >= 0.3 is 16.7 Å². The fourth-order valence-electron chi connectivity index (χ4n) is 1.58. The molecule has 0 fully saturated rings. The van der Waals surface area contributed by atoms with Crippen LogP contribution >= 0.6 is 11.3 Å². The first kappa shape index (κ1) is 13.0. The molecule has 0 saturated carbocycles. The third-order valence-electron chi connectivity index (χ3n) is 2.29. The smallest absolute Gasteiger partial charge is 0.362 e. The van der Waals surface area contributed by atoms with Crippen molar-refractivity contribution >= 4 is 38.2 Å². The van der Waals surface area contributed by atoms with E-state index in [4.69, 9.17) is 4.74 Å². The number of carbonyl (C=O) groups is 1. The molecule has 1 N–H and O–H groups in total. The molecule has 0 aliphatic carbocycles. The SMILES string of the molecule is CCOC(=O)c1[nH]c2sc([N+](=O)[O-])cc2c1[N+](=O)[O-]. The van der Waals surface area contributed by atoms with Gasteiger partial charge < -0.3 is 9.72 Å². The molecule has 10 heteroatoms. The number of fused-ring (bicyclic) bond motifs is 1. The van der Waals surface area contributed by atoms with E-state index in [1.54, 1.807) is 6.92 Å². The van der Waals surface area contributed by atoms with Crippen molar-refractivity contribution in [2.75, 3.05) is 6.61 Å². The molecule has 9 nitrogen and oxygen atoms in total. The van der Waals surface area contributed by atoms with E-state index in [1.807, 2.05) is 0 Å². The fourth-order valence-corrected chi connectivity index (χ4v) is 2.46. The van der Waals surface area contributed by atoms with Crippen molar-refractivity contribution in [2.24, 2.45) is 0 Å². The Balaban J connectivity index is 2.63. The maximum atomic E-state index is 11.6. The Labute approximate surface area is 109 Å². The Bertz CT molecular complexity index is 687. The summed E-state index contributed by atoms with van der Waals surface area (Å²) >= 11 is 0.726. The molecule has 0 amide bonds. The molecule has 2 aromatic rings. The second-order valence-electron chi connectivity index (χ2n) is 3.41. The standard InChI is InChI=1S/C9H7N3O6S/c1-2-18-9(13)6-7(12(16)17)4-3-5(11(14)15)19-8(4)10-6/h3,10H,2H2,1H3. The third-order valence-corrected chi connectivity index (χ3v) is 3.29. The van der Waals surface area contributed by atoms with Gasteiger partial charge in [-0.15, -0.1) is 0 Å². The van der Waals surface area contributed by atoms with Crippen molar-refractivity contribution in [3.8, 4) is 0 Å². The highest BCUT2D eigenvalue weighted by atomic mass is 32.1. The zero-order valence-electron chi connectivity index (χ0n) is 9.54. The van der Waals surface area contributed by atoms with E-state index in [0.29, 0.717) is 0 Å². The summed E-state index contributed by atoms with van der Waals surface area (Å²) in [6, 6.07) is 1.07. The Morgan fingerprint density at radius 1 is 1.42 bits per heavy atom. The normalized spacial score (nSPS) is 10.6. The van der Waals surface area contributed by atoms with E-state index < -0.39 is 21.5 Å². The van der Waals surface area contributed by atoms with Gasteiger partial charge in [0, 0.05) is 6.07 Å². The predicted octanol–water partition coefficient (Wildman–Crippen LogP) is 2.22. The van der Waals surface area contributed by atoms with Crippen LogP contribution in [0.3, 0.4) is 0 Å². The van der Waals surface area contributed by atoms with Gasteiger partial charge in [-0.25, -0.2) is 4.79 Å². The van der Waals surface area contributed by atoms with E-state index >= 15 is 0 Å². The predicted molar refractivity (Wildman–Crippen MR) is 65.4 cm³/mol. The number of aromatic amines is 1. The molecule has 2 aromatic heterocycles. The van der Waals surface area contributed by atoms with Crippen LogP contribution in [0.5, 0.6) is 0 Å². The summed E-state index contributed by atoms with van der Waals surface area (Å²) in [6.45, 7) is 1.64. The Kier molecular flexibility index (Phi) is 3.17. The largest absolute Gasteiger partial charge is 0.461 e. The minimum Gasteiger partial charge on any atom is -0.461 e. The lowest BCUT2D eigenvalue weighted by Gasteiger charge is -1.98. The van der Waals surface area contributed by atoms with Crippen molar-refractivity contribution < 1.29 is 19.4 Å². The van der Waals surface area contributed by atoms with E-state index in [9.17, 15) is 25.0 Å². The number of hydrogen-bond acceptors (Lipinski definition) is 7. The highest BCUT2D eigenvalue weighted by molar-refractivity contribution is 7.21. The molecule has 0 bridgehead atoms. The third kappa shape index (κ3) is 2.12. The van der Waals surface area contributed by atoms with Crippen LogP contribution < -0.4 is 0 Å². The van der Waals surface area contributed by atoms with Crippen LogP contribution in [0.4, 0.5) is 10.7 Å². The first-order valence-corrected chi connectivity index (χ1v) is 5.88. The fraction of sp³-hybridized carbons (Fsp3) is 0.222. The lowest BCUT2D eigenvalue weighted by atomic mass is 10.3. The molecule has 2 heterocycles. The van der Waals surface area contributed by atoms with E-state index in [2.05, 4.69) is 4.98 Å². The number of esters is 1. The molecule has 0 aliphatic heterocycles. The number of nitrogens with one attached hydrogen (secondary N) is 1. The van der Waals surface area contributed by atoms with Crippen LogP contribution in [0.1, 0.15) is 17.4 Å². The lowest BCUT2D eigenvalue weighted by molar-refractivity contribution is -0.384. The molecule has 100 valence electrons. The summed E-state index contributed by atoms with van der Waals surface area (Å²) in [4.78, 5) is 34.5. The quantitative estimate of drug-likeness (QED) is 0.521. The van der Waals surface area contributed by atoms with Crippen LogP contribution in [0, 0.1) is 20.2 Å². The number of nitro groups is 2. The number of H-pyrrole nitrogens is 1. The topological polar surface area (TPSA) is 128 Å². The molecule has 0 atom stereocenters. The molecule has 0 spiro atoms. The second kappa shape index (κ2) is 4.65. The van der Waals surface area contributed by atoms with Crippen molar-refractivity contribution in [3.05, 3.63) is 32.0 Å². The van der Waals surface area contributed by atoms with Gasteiger partial charge in [-0.3, -0.25) is 20.2 Å². The van der Waals surface area contributed by atoms with Crippen molar-refractivity contribution in [1.29, 1.82) is 0 Å². The Morgan fingerprint density at radius 2 is 2.11 bits per heavy atom. The van der Waals surface area contributed by atoms with Crippen molar-refractivity contribution in [3.63, 3.8) is 0 Å². The average Bonchev–Trinajstić information content (AvgIpc) is 2.84. The zero-order valence-corrected chi connectivity index (χ0v) is 10.4. The number of thiophene rings is 1. The van der Waals surface area contributed by atoms with E-state index in [0.717, 1.165) is 17.4 Å². The lowest BCUT2D eigenvalue weighted by Crippen LogP contribution is -2.07. The highest BCUT2D eigenvalue weighted by Gasteiger charge is 2.31. The van der Waals surface area contributed by atoms with Gasteiger partial charge in [0.05, 0.1) is 21.8 Å². The van der Waals surface area contributed by atoms with Crippen LogP contribution in [0.2, 0.25) is 0 Å². The molecule has 0 radical (unpaired) electrons. The van der Waals surface area contributed by atoms with Gasteiger partial charge in [0.15, 0.2) is 0 Å². The number of aromatic nitrogens is 1. The highest BCUT2D eigenvalue weighted by Crippen LogP contribution is 2.38. The first-order valence-electron chi connectivity index (χ1n) is 5.07. The van der Waals surface area contributed by atoms with Gasteiger partial charge in [0.1, 0.15) is 4.83 Å². The second-order valence-corrected chi connectivity index (χ2v) is 4.44.